The molecule has 0 bridgehead atoms. The number of nitrogens with one attached hydrogen (secondary N) is 1. The Morgan fingerprint density at radius 1 is 1.24 bits per heavy atom. The van der Waals surface area contributed by atoms with Gasteiger partial charge < -0.3 is 15.0 Å². The molecule has 1 saturated carbocycles. The van der Waals surface area contributed by atoms with Gasteiger partial charge in [-0.1, -0.05) is 35.7 Å². The monoisotopic (exact) mass is 493 g/mol. The Labute approximate surface area is 199 Å². The molecule has 2 atom stereocenters. The summed E-state index contributed by atoms with van der Waals surface area (Å²) in [4.78, 5) is 42.4. The number of benzene rings is 1. The number of imidazole rings is 1. The molecule has 2 N–H and O–H groups in total. The lowest BCUT2D eigenvalue weighted by molar-refractivity contribution is -0.143. The normalized spacial score (nSPS) is 20.8. The van der Waals surface area contributed by atoms with Crippen molar-refractivity contribution in [3.63, 3.8) is 0 Å². The van der Waals surface area contributed by atoms with E-state index in [0.717, 1.165) is 17.4 Å². The van der Waals surface area contributed by atoms with Crippen molar-refractivity contribution in [3.8, 4) is 0 Å². The van der Waals surface area contributed by atoms with Gasteiger partial charge in [-0.15, -0.1) is 0 Å². The van der Waals surface area contributed by atoms with Crippen molar-refractivity contribution >= 4 is 46.3 Å². The minimum absolute atomic E-state index is 0.0320. The van der Waals surface area contributed by atoms with Crippen molar-refractivity contribution in [1.29, 1.82) is 0 Å². The largest absolute Gasteiger partial charge is 0.481 e. The zero-order valence-corrected chi connectivity index (χ0v) is 20.1. The number of carbonyl (C=O) groups is 1. The quantitative estimate of drug-likeness (QED) is 0.564. The average molecular weight is 494 g/mol. The molecule has 0 aliphatic heterocycles. The first-order valence-corrected chi connectivity index (χ1v) is 11.4. The third-order valence-corrected chi connectivity index (χ3v) is 7.16. The lowest BCUT2D eigenvalue weighted by atomic mass is 9.77. The lowest BCUT2D eigenvalue weighted by Gasteiger charge is -2.37. The number of carboxylic acids is 1. The molecule has 2 heterocycles. The number of aryl methyl sites for hydroxylation is 2. The maximum atomic E-state index is 13.3. The number of hydrogen-bond donors (Lipinski definition) is 2. The Morgan fingerprint density at radius 3 is 2.64 bits per heavy atom. The van der Waals surface area contributed by atoms with Gasteiger partial charge >= 0.3 is 11.7 Å². The molecule has 0 saturated heterocycles. The second-order valence-electron chi connectivity index (χ2n) is 8.97. The molecule has 4 rings (SSSR count). The Bertz CT molecular complexity index is 1380. The number of nitrogens with zero attached hydrogens (tertiary/aromatic N) is 4. The summed E-state index contributed by atoms with van der Waals surface area (Å²) < 4.78 is 4.09. The smallest absolute Gasteiger partial charge is 0.332 e. The number of halogens is 2. The molecule has 33 heavy (non-hydrogen) atoms. The molecule has 2 aromatic heterocycles. The van der Waals surface area contributed by atoms with Gasteiger partial charge in [-0.25, -0.2) is 4.79 Å². The van der Waals surface area contributed by atoms with Crippen LogP contribution in [-0.2, 0) is 25.4 Å². The molecule has 1 aliphatic rings. The van der Waals surface area contributed by atoms with Crippen molar-refractivity contribution < 1.29 is 9.90 Å². The fourth-order valence-electron chi connectivity index (χ4n) is 4.60. The molecule has 1 aliphatic carbocycles. The first-order chi connectivity index (χ1) is 15.5. The van der Waals surface area contributed by atoms with Crippen LogP contribution in [-0.4, -0.2) is 35.3 Å². The Kier molecular flexibility index (Phi) is 6.05. The number of aliphatic carboxylic acids is 1. The first-order valence-electron chi connectivity index (χ1n) is 10.6. The summed E-state index contributed by atoms with van der Waals surface area (Å²) in [6.07, 6.45) is 2.65. The second-order valence-corrected chi connectivity index (χ2v) is 9.78. The molecule has 176 valence electrons. The van der Waals surface area contributed by atoms with Gasteiger partial charge in [0, 0.05) is 19.6 Å². The molecular formula is C22H25Cl2N5O4. The van der Waals surface area contributed by atoms with E-state index >= 15 is 0 Å². The van der Waals surface area contributed by atoms with Crippen LogP contribution in [0.3, 0.4) is 0 Å². The van der Waals surface area contributed by atoms with Crippen LogP contribution in [0.1, 0.15) is 38.2 Å². The molecule has 3 aromatic rings. The van der Waals surface area contributed by atoms with E-state index < -0.39 is 28.7 Å². The van der Waals surface area contributed by atoms with Gasteiger partial charge in [0.15, 0.2) is 11.2 Å². The maximum absolute atomic E-state index is 13.3. The van der Waals surface area contributed by atoms with Crippen LogP contribution in [0.2, 0.25) is 10.0 Å². The summed E-state index contributed by atoms with van der Waals surface area (Å²) in [7, 11) is 3.27. The van der Waals surface area contributed by atoms with Crippen LogP contribution < -0.4 is 16.6 Å². The Hall–Kier alpha value is -2.78. The third kappa shape index (κ3) is 4.27. The average Bonchev–Trinajstić information content (AvgIpc) is 3.07. The molecule has 0 spiro atoms. The molecule has 9 nitrogen and oxygen atoms in total. The van der Waals surface area contributed by atoms with E-state index in [0.29, 0.717) is 34.4 Å². The number of fused-ring (bicyclic) bond motifs is 1. The summed E-state index contributed by atoms with van der Waals surface area (Å²) in [6.45, 7) is 1.99. The van der Waals surface area contributed by atoms with E-state index in [2.05, 4.69) is 10.3 Å². The number of hydrogen-bond acceptors (Lipinski definition) is 5. The van der Waals surface area contributed by atoms with Crippen LogP contribution in [0.15, 0.2) is 27.8 Å². The number of anilines is 1. The van der Waals surface area contributed by atoms with E-state index in [1.54, 1.807) is 36.9 Å². The molecular weight excluding hydrogens is 469 g/mol. The van der Waals surface area contributed by atoms with Crippen molar-refractivity contribution in [2.75, 3.05) is 5.32 Å². The number of rotatable bonds is 5. The van der Waals surface area contributed by atoms with Gasteiger partial charge in [0.2, 0.25) is 5.95 Å². The number of aromatic nitrogens is 4. The van der Waals surface area contributed by atoms with E-state index in [-0.39, 0.29) is 17.7 Å². The molecule has 0 radical (unpaired) electrons. The van der Waals surface area contributed by atoms with E-state index in [4.69, 9.17) is 23.2 Å². The standard InChI is InChI=1S/C22H25Cl2N5O4/c1-22(8-4-5-13(10-22)19(31)32)26-20-25-17-16(27(20)2)18(30)29(21(33)28(17)3)11-12-6-7-14(23)15(24)9-12/h6-7,9,13H,4-5,8,10-11H2,1-3H3,(H,25,26)(H,31,32)/t13-,22-/m0/s1. The van der Waals surface area contributed by atoms with Crippen LogP contribution >= 0.6 is 23.2 Å². The summed E-state index contributed by atoms with van der Waals surface area (Å²) in [6, 6.07) is 4.96. The van der Waals surface area contributed by atoms with Gasteiger partial charge in [0.1, 0.15) is 0 Å². The summed E-state index contributed by atoms with van der Waals surface area (Å²) in [5.41, 5.74) is -0.271. The number of carboxylic acid groups (broad SMARTS) is 1. The third-order valence-electron chi connectivity index (χ3n) is 6.43. The van der Waals surface area contributed by atoms with Gasteiger partial charge in [-0.2, -0.15) is 4.98 Å². The zero-order chi connectivity index (χ0) is 24.1. The van der Waals surface area contributed by atoms with Crippen LogP contribution in [0.4, 0.5) is 5.95 Å². The van der Waals surface area contributed by atoms with Crippen LogP contribution in [0.25, 0.3) is 11.2 Å². The van der Waals surface area contributed by atoms with E-state index in [9.17, 15) is 19.5 Å². The predicted octanol–water partition coefficient (Wildman–Crippen LogP) is 3.23. The summed E-state index contributed by atoms with van der Waals surface area (Å²) in [5.74, 6) is -0.822. The minimum Gasteiger partial charge on any atom is -0.481 e. The lowest BCUT2D eigenvalue weighted by Crippen LogP contribution is -2.42. The molecule has 1 fully saturated rings. The Morgan fingerprint density at radius 2 is 1.97 bits per heavy atom. The Balaban J connectivity index is 1.76. The van der Waals surface area contributed by atoms with Crippen molar-refractivity contribution in [1.82, 2.24) is 18.7 Å². The van der Waals surface area contributed by atoms with Crippen molar-refractivity contribution in [2.24, 2.45) is 20.0 Å². The first kappa shape index (κ1) is 23.4. The minimum atomic E-state index is -0.805. The summed E-state index contributed by atoms with van der Waals surface area (Å²) in [5, 5.41) is 13.5. The predicted molar refractivity (Wildman–Crippen MR) is 127 cm³/mol. The van der Waals surface area contributed by atoms with Crippen LogP contribution in [0.5, 0.6) is 0 Å². The van der Waals surface area contributed by atoms with Crippen LogP contribution in [0, 0.1) is 5.92 Å². The second kappa shape index (κ2) is 8.53. The summed E-state index contributed by atoms with van der Waals surface area (Å²) >= 11 is 12.1. The van der Waals surface area contributed by atoms with Gasteiger partial charge in [0.25, 0.3) is 5.56 Å². The topological polar surface area (TPSA) is 111 Å². The van der Waals surface area contributed by atoms with Gasteiger partial charge in [-0.05, 0) is 43.9 Å². The molecule has 1 aromatic carbocycles. The van der Waals surface area contributed by atoms with E-state index in [1.165, 1.54) is 4.57 Å². The fourth-order valence-corrected chi connectivity index (χ4v) is 4.92. The van der Waals surface area contributed by atoms with Crippen molar-refractivity contribution in [3.05, 3.63) is 54.6 Å². The van der Waals surface area contributed by atoms with Gasteiger partial charge in [0.05, 0.1) is 22.5 Å². The molecule has 0 unspecified atom stereocenters. The maximum Gasteiger partial charge on any atom is 0.332 e. The molecule has 0 amide bonds. The highest BCUT2D eigenvalue weighted by Crippen LogP contribution is 2.35. The van der Waals surface area contributed by atoms with E-state index in [1.807, 2.05) is 6.92 Å². The highest BCUT2D eigenvalue weighted by molar-refractivity contribution is 6.42. The zero-order valence-electron chi connectivity index (χ0n) is 18.6. The highest BCUT2D eigenvalue weighted by Gasteiger charge is 2.36. The molecule has 11 heteroatoms. The SMILES string of the molecule is Cn1c(N[C@@]2(C)CCC[C@H](C(=O)O)C2)nc2c1c(=O)n(Cc1ccc(Cl)c(Cl)c1)c(=O)n2C. The van der Waals surface area contributed by atoms with Crippen molar-refractivity contribution in [2.45, 2.75) is 44.7 Å². The highest BCUT2D eigenvalue weighted by atomic mass is 35.5. The van der Waals surface area contributed by atoms with Gasteiger partial charge in [-0.3, -0.25) is 18.7 Å². The fraction of sp³-hybridized carbons (Fsp3) is 0.455.